The predicted molar refractivity (Wildman–Crippen MR) is 201 cm³/mol. The Morgan fingerprint density at radius 2 is 0.980 bits per heavy atom. The number of hydrogen-bond acceptors (Lipinski definition) is 9. The molecule has 0 aromatic rings. The summed E-state index contributed by atoms with van der Waals surface area (Å²) >= 11 is 0. The van der Waals surface area contributed by atoms with E-state index in [4.69, 9.17) is 18.9 Å². The second-order valence-electron chi connectivity index (χ2n) is 14.8. The van der Waals surface area contributed by atoms with E-state index in [1.807, 2.05) is 0 Å². The topological polar surface area (TPSA) is 135 Å². The minimum absolute atomic E-state index is 0.109. The van der Waals surface area contributed by atoms with Crippen molar-refractivity contribution in [2.45, 2.75) is 230 Å². The van der Waals surface area contributed by atoms with Crippen LogP contribution in [0.1, 0.15) is 194 Å². The molecule has 4 N–H and O–H groups in total. The van der Waals surface area contributed by atoms with E-state index in [1.165, 1.54) is 141 Å². The van der Waals surface area contributed by atoms with Gasteiger partial charge in [-0.05, 0) is 12.8 Å². The second kappa shape index (κ2) is 34.0. The number of rotatable bonds is 36. The van der Waals surface area contributed by atoms with Crippen LogP contribution in [0.5, 0.6) is 0 Å². The van der Waals surface area contributed by atoms with Crippen molar-refractivity contribution in [3.8, 4) is 0 Å². The molecule has 0 aliphatic carbocycles. The molecule has 1 rings (SSSR count). The third-order valence-corrected chi connectivity index (χ3v) is 10.0. The SMILES string of the molecule is CCCCCCCCCCCCCCCCCCCCCCCCCCOCC(COC1OC(CO)C(O)C(O)C1O)OC(=O)CCCCC. The van der Waals surface area contributed by atoms with E-state index in [2.05, 4.69) is 13.8 Å². The lowest BCUT2D eigenvalue weighted by Gasteiger charge is -2.39. The van der Waals surface area contributed by atoms with Gasteiger partial charge in [-0.2, -0.15) is 0 Å². The van der Waals surface area contributed by atoms with Gasteiger partial charge in [0.25, 0.3) is 0 Å². The van der Waals surface area contributed by atoms with Crippen molar-refractivity contribution in [2.24, 2.45) is 0 Å². The average molecular weight is 717 g/mol. The highest BCUT2D eigenvalue weighted by Crippen LogP contribution is 2.22. The number of unbranched alkanes of at least 4 members (excludes halogenated alkanes) is 25. The first kappa shape index (κ1) is 47.2. The van der Waals surface area contributed by atoms with Crippen molar-refractivity contribution in [2.75, 3.05) is 26.4 Å². The Bertz CT molecular complexity index is 737. The highest BCUT2D eigenvalue weighted by Gasteiger charge is 2.44. The van der Waals surface area contributed by atoms with Crippen LogP contribution in [0.2, 0.25) is 0 Å². The molecular formula is C41H80O9. The zero-order chi connectivity index (χ0) is 36.5. The van der Waals surface area contributed by atoms with Crippen LogP contribution in [0.4, 0.5) is 0 Å². The summed E-state index contributed by atoms with van der Waals surface area (Å²) in [6.45, 7) is 4.42. The lowest BCUT2D eigenvalue weighted by atomic mass is 9.99. The first-order valence-corrected chi connectivity index (χ1v) is 21.1. The van der Waals surface area contributed by atoms with Crippen LogP contribution in [0, 0.1) is 0 Å². The van der Waals surface area contributed by atoms with Crippen LogP contribution in [0.15, 0.2) is 0 Å². The van der Waals surface area contributed by atoms with E-state index < -0.39 is 43.4 Å². The summed E-state index contributed by atoms with van der Waals surface area (Å²) in [5.74, 6) is -0.334. The molecule has 0 radical (unpaired) electrons. The number of esters is 1. The van der Waals surface area contributed by atoms with Crippen molar-refractivity contribution in [1.82, 2.24) is 0 Å². The number of ether oxygens (including phenoxy) is 4. The number of carbonyl (C=O) groups excluding carboxylic acids is 1. The monoisotopic (exact) mass is 717 g/mol. The van der Waals surface area contributed by atoms with Gasteiger partial charge in [-0.15, -0.1) is 0 Å². The Hall–Kier alpha value is -0.810. The van der Waals surface area contributed by atoms with Gasteiger partial charge >= 0.3 is 5.97 Å². The third-order valence-electron chi connectivity index (χ3n) is 10.0. The van der Waals surface area contributed by atoms with Gasteiger partial charge in [0.2, 0.25) is 0 Å². The van der Waals surface area contributed by atoms with Gasteiger partial charge in [0.05, 0.1) is 19.8 Å². The van der Waals surface area contributed by atoms with Crippen molar-refractivity contribution in [3.05, 3.63) is 0 Å². The highest BCUT2D eigenvalue weighted by molar-refractivity contribution is 5.69. The molecular weight excluding hydrogens is 636 g/mol. The van der Waals surface area contributed by atoms with Crippen molar-refractivity contribution >= 4 is 5.97 Å². The molecule has 0 saturated carbocycles. The van der Waals surface area contributed by atoms with E-state index in [1.54, 1.807) is 0 Å². The van der Waals surface area contributed by atoms with Gasteiger partial charge in [-0.3, -0.25) is 4.79 Å². The molecule has 9 heteroatoms. The summed E-state index contributed by atoms with van der Waals surface area (Å²) in [7, 11) is 0. The zero-order valence-electron chi connectivity index (χ0n) is 32.4. The molecule has 0 aromatic heterocycles. The number of carbonyl (C=O) groups is 1. The van der Waals surface area contributed by atoms with Crippen molar-refractivity contribution < 1.29 is 44.2 Å². The Labute approximate surface area is 306 Å². The molecule has 0 bridgehead atoms. The minimum atomic E-state index is -1.53. The number of aliphatic hydroxyl groups excluding tert-OH is 4. The average Bonchev–Trinajstić information content (AvgIpc) is 3.11. The van der Waals surface area contributed by atoms with Gasteiger partial charge in [-0.25, -0.2) is 0 Å². The van der Waals surface area contributed by atoms with Crippen LogP contribution in [0.25, 0.3) is 0 Å². The first-order chi connectivity index (χ1) is 24.4. The fourth-order valence-electron chi connectivity index (χ4n) is 6.67. The summed E-state index contributed by atoms with van der Waals surface area (Å²) in [6, 6.07) is 0. The molecule has 298 valence electrons. The lowest BCUT2D eigenvalue weighted by Crippen LogP contribution is -2.59. The molecule has 1 aliphatic heterocycles. The fourth-order valence-corrected chi connectivity index (χ4v) is 6.67. The second-order valence-corrected chi connectivity index (χ2v) is 14.8. The summed E-state index contributed by atoms with van der Waals surface area (Å²) in [4.78, 5) is 12.4. The maximum atomic E-state index is 12.4. The Balaban J connectivity index is 2.02. The standard InChI is InChI=1S/C41H80O9/c1-3-5-7-8-9-10-11-12-13-14-15-16-17-18-19-20-21-22-23-24-25-26-27-29-31-47-33-35(49-37(43)30-28-6-4-2)34-48-41-40(46)39(45)38(44)36(32-42)50-41/h35-36,38-42,44-46H,3-34H2,1-2H3. The van der Waals surface area contributed by atoms with Gasteiger partial charge in [0.1, 0.15) is 30.5 Å². The van der Waals surface area contributed by atoms with E-state index in [9.17, 15) is 25.2 Å². The lowest BCUT2D eigenvalue weighted by molar-refractivity contribution is -0.305. The largest absolute Gasteiger partial charge is 0.457 e. The van der Waals surface area contributed by atoms with E-state index >= 15 is 0 Å². The van der Waals surface area contributed by atoms with Crippen LogP contribution in [-0.2, 0) is 23.7 Å². The molecule has 9 nitrogen and oxygen atoms in total. The third kappa shape index (κ3) is 25.2. The van der Waals surface area contributed by atoms with Gasteiger partial charge < -0.3 is 39.4 Å². The van der Waals surface area contributed by atoms with Crippen LogP contribution < -0.4 is 0 Å². The Morgan fingerprint density at radius 3 is 1.42 bits per heavy atom. The molecule has 6 unspecified atom stereocenters. The van der Waals surface area contributed by atoms with E-state index in [0.717, 1.165) is 32.1 Å². The minimum Gasteiger partial charge on any atom is -0.457 e. The van der Waals surface area contributed by atoms with E-state index in [-0.39, 0.29) is 19.2 Å². The predicted octanol–water partition coefficient (Wildman–Crippen LogP) is 8.69. The maximum absolute atomic E-state index is 12.4. The normalized spacial score (nSPS) is 21.4. The van der Waals surface area contributed by atoms with Crippen molar-refractivity contribution in [3.63, 3.8) is 0 Å². The molecule has 0 spiro atoms. The molecule has 6 atom stereocenters. The Morgan fingerprint density at radius 1 is 0.560 bits per heavy atom. The zero-order valence-corrected chi connectivity index (χ0v) is 32.4. The molecule has 50 heavy (non-hydrogen) atoms. The number of aliphatic hydroxyl groups is 4. The fraction of sp³-hybridized carbons (Fsp3) is 0.976. The summed E-state index contributed by atoms with van der Waals surface area (Å²) < 4.78 is 22.5. The summed E-state index contributed by atoms with van der Waals surface area (Å²) in [6.07, 6.45) is 28.1. The summed E-state index contributed by atoms with van der Waals surface area (Å²) in [5, 5.41) is 39.7. The van der Waals surface area contributed by atoms with Crippen LogP contribution in [0.3, 0.4) is 0 Å². The van der Waals surface area contributed by atoms with Crippen LogP contribution >= 0.6 is 0 Å². The highest BCUT2D eigenvalue weighted by atomic mass is 16.7. The van der Waals surface area contributed by atoms with Crippen LogP contribution in [-0.4, -0.2) is 89.6 Å². The molecule has 1 aliphatic rings. The quantitative estimate of drug-likeness (QED) is 0.0371. The smallest absolute Gasteiger partial charge is 0.306 e. The molecule has 1 heterocycles. The van der Waals surface area contributed by atoms with Gasteiger partial charge in [-0.1, -0.05) is 174 Å². The van der Waals surface area contributed by atoms with Gasteiger partial charge in [0, 0.05) is 13.0 Å². The maximum Gasteiger partial charge on any atom is 0.306 e. The summed E-state index contributed by atoms with van der Waals surface area (Å²) in [5.41, 5.74) is 0. The number of hydrogen-bond donors (Lipinski definition) is 4. The molecule has 0 amide bonds. The molecule has 1 fully saturated rings. The first-order valence-electron chi connectivity index (χ1n) is 21.1. The molecule has 1 saturated heterocycles. The Kier molecular flexibility index (Phi) is 32.1. The van der Waals surface area contributed by atoms with Crippen molar-refractivity contribution in [1.29, 1.82) is 0 Å². The van der Waals surface area contributed by atoms with Gasteiger partial charge in [0.15, 0.2) is 6.29 Å². The molecule has 0 aromatic carbocycles. The van der Waals surface area contributed by atoms with E-state index in [0.29, 0.717) is 13.0 Å².